The first kappa shape index (κ1) is 17.1. The van der Waals surface area contributed by atoms with Crippen molar-refractivity contribution in [1.29, 1.82) is 0 Å². The largest absolute Gasteiger partial charge is 0.481 e. The number of carbonyl (C=O) groups is 2. The van der Waals surface area contributed by atoms with Gasteiger partial charge in [-0.05, 0) is 80.0 Å². The smallest absolute Gasteiger partial charge is 0.309 e. The Bertz CT molecular complexity index is 702. The molecule has 6 aliphatic rings. The fraction of sp³-hybridized carbons (Fsp3) is 0.909. The topological polar surface area (TPSA) is 63.6 Å². The van der Waals surface area contributed by atoms with Crippen LogP contribution < -0.4 is 0 Å². The molecule has 4 bridgehead atoms. The SMILES string of the molecule is CC(=O)O[C@@H]1CC2[C@@](C)(C(=O)O)CCC[C@@]2(C)[C@@H]2C[C@@H]3C4C[C@@]21C[C@]43C. The first-order valence-corrected chi connectivity index (χ1v) is 10.5. The zero-order valence-corrected chi connectivity index (χ0v) is 16.5. The average Bonchev–Trinajstić information content (AvgIpc) is 2.99. The van der Waals surface area contributed by atoms with Crippen molar-refractivity contribution in [3.05, 3.63) is 0 Å². The van der Waals surface area contributed by atoms with Crippen LogP contribution in [-0.2, 0) is 14.3 Å². The summed E-state index contributed by atoms with van der Waals surface area (Å²) in [6, 6.07) is 0. The molecule has 0 heterocycles. The van der Waals surface area contributed by atoms with E-state index in [1.54, 1.807) is 0 Å². The van der Waals surface area contributed by atoms with Crippen LogP contribution >= 0.6 is 0 Å². The van der Waals surface area contributed by atoms with Crippen molar-refractivity contribution >= 4 is 11.9 Å². The van der Waals surface area contributed by atoms with Gasteiger partial charge in [-0.3, -0.25) is 9.59 Å². The van der Waals surface area contributed by atoms with Crippen molar-refractivity contribution in [2.24, 2.45) is 45.3 Å². The molecule has 26 heavy (non-hydrogen) atoms. The molecule has 2 unspecified atom stereocenters. The highest BCUT2D eigenvalue weighted by molar-refractivity contribution is 5.75. The molecule has 1 N–H and O–H groups in total. The number of fused-ring (bicyclic) bond motifs is 1. The van der Waals surface area contributed by atoms with Crippen molar-refractivity contribution in [2.45, 2.75) is 78.7 Å². The zero-order chi connectivity index (χ0) is 18.7. The molecular formula is C22H32O4. The van der Waals surface area contributed by atoms with Crippen LogP contribution in [0.15, 0.2) is 0 Å². The molecule has 6 fully saturated rings. The number of hydrogen-bond acceptors (Lipinski definition) is 3. The highest BCUT2D eigenvalue weighted by Crippen LogP contribution is 2.85. The van der Waals surface area contributed by atoms with E-state index in [4.69, 9.17) is 4.74 Å². The fourth-order valence-corrected chi connectivity index (χ4v) is 9.11. The molecule has 6 aliphatic carbocycles. The monoisotopic (exact) mass is 360 g/mol. The molecule has 0 saturated heterocycles. The molecule has 6 saturated carbocycles. The second-order valence-electron chi connectivity index (χ2n) is 11.1. The van der Waals surface area contributed by atoms with Crippen molar-refractivity contribution in [1.82, 2.24) is 0 Å². The van der Waals surface area contributed by atoms with Gasteiger partial charge in [0, 0.05) is 12.3 Å². The summed E-state index contributed by atoms with van der Waals surface area (Å²) in [5, 5.41) is 10.1. The predicted octanol–water partition coefficient (Wildman–Crippen LogP) is 4.27. The van der Waals surface area contributed by atoms with E-state index in [9.17, 15) is 14.7 Å². The van der Waals surface area contributed by atoms with Crippen LogP contribution in [0.25, 0.3) is 0 Å². The van der Waals surface area contributed by atoms with Crippen LogP contribution in [0.1, 0.15) is 72.6 Å². The zero-order valence-electron chi connectivity index (χ0n) is 16.5. The quantitative estimate of drug-likeness (QED) is 0.747. The Hall–Kier alpha value is -1.06. The van der Waals surface area contributed by atoms with Crippen molar-refractivity contribution in [2.75, 3.05) is 0 Å². The number of esters is 1. The second kappa shape index (κ2) is 4.67. The summed E-state index contributed by atoms with van der Waals surface area (Å²) in [7, 11) is 0. The maximum Gasteiger partial charge on any atom is 0.309 e. The van der Waals surface area contributed by atoms with Gasteiger partial charge in [-0.15, -0.1) is 0 Å². The highest BCUT2D eigenvalue weighted by Gasteiger charge is 2.81. The summed E-state index contributed by atoms with van der Waals surface area (Å²) in [5.41, 5.74) is -0.0674. The molecule has 0 aliphatic heterocycles. The van der Waals surface area contributed by atoms with Crippen LogP contribution in [0, 0.1) is 45.3 Å². The number of aliphatic carboxylic acids is 1. The minimum atomic E-state index is -0.694. The molecule has 9 atom stereocenters. The molecular weight excluding hydrogens is 328 g/mol. The van der Waals surface area contributed by atoms with Crippen LogP contribution in [0.5, 0.6) is 0 Å². The number of rotatable bonds is 2. The van der Waals surface area contributed by atoms with Gasteiger partial charge >= 0.3 is 11.9 Å². The first-order valence-electron chi connectivity index (χ1n) is 10.5. The Kier molecular flexibility index (Phi) is 3.07. The van der Waals surface area contributed by atoms with E-state index >= 15 is 0 Å². The Labute approximate surface area is 156 Å². The molecule has 0 aromatic carbocycles. The fourth-order valence-electron chi connectivity index (χ4n) is 9.11. The summed E-state index contributed by atoms with van der Waals surface area (Å²) >= 11 is 0. The van der Waals surface area contributed by atoms with Crippen LogP contribution in [0.4, 0.5) is 0 Å². The summed E-state index contributed by atoms with van der Waals surface area (Å²) in [5.74, 6) is 1.38. The third-order valence-electron chi connectivity index (χ3n) is 10.2. The maximum atomic E-state index is 12.3. The van der Waals surface area contributed by atoms with Gasteiger partial charge in [0.25, 0.3) is 0 Å². The van der Waals surface area contributed by atoms with E-state index < -0.39 is 11.4 Å². The molecule has 6 rings (SSSR count). The first-order chi connectivity index (χ1) is 12.1. The summed E-state index contributed by atoms with van der Waals surface area (Å²) in [4.78, 5) is 24.2. The molecule has 0 aromatic heterocycles. The highest BCUT2D eigenvalue weighted by atomic mass is 16.5. The number of carboxylic acids is 1. The number of hydrogen-bond donors (Lipinski definition) is 1. The van der Waals surface area contributed by atoms with E-state index in [0.717, 1.165) is 37.5 Å². The average molecular weight is 360 g/mol. The lowest BCUT2D eigenvalue weighted by molar-refractivity contribution is -0.228. The molecule has 0 aromatic rings. The lowest BCUT2D eigenvalue weighted by Crippen LogP contribution is -2.64. The summed E-state index contributed by atoms with van der Waals surface area (Å²) in [6.07, 6.45) is 7.14. The predicted molar refractivity (Wildman–Crippen MR) is 96.2 cm³/mol. The van der Waals surface area contributed by atoms with E-state index in [1.807, 2.05) is 6.92 Å². The maximum absolute atomic E-state index is 12.3. The van der Waals surface area contributed by atoms with Crippen molar-refractivity contribution in [3.63, 3.8) is 0 Å². The van der Waals surface area contributed by atoms with E-state index in [1.165, 1.54) is 26.2 Å². The number of carboxylic acid groups (broad SMARTS) is 1. The van der Waals surface area contributed by atoms with E-state index in [0.29, 0.717) is 11.3 Å². The Morgan fingerprint density at radius 2 is 1.73 bits per heavy atom. The normalized spacial score (nSPS) is 59.2. The second-order valence-corrected chi connectivity index (χ2v) is 11.1. The van der Waals surface area contributed by atoms with Crippen LogP contribution in [0.2, 0.25) is 0 Å². The standard InChI is InChI=1S/C22H32O4/c1-12(23)26-17-9-15-19(2,6-5-7-20(15,3)18(24)25)16-8-13-14-10-22(16,17)11-21(13,14)4/h13-17H,5-11H2,1-4H3,(H,24,25)/t13-,14?,15?,16+,17-,19-,20+,21+,22-/m1/s1. The lowest BCUT2D eigenvalue weighted by atomic mass is 9.38. The summed E-state index contributed by atoms with van der Waals surface area (Å²) in [6.45, 7) is 8.29. The molecule has 4 heteroatoms. The van der Waals surface area contributed by atoms with Gasteiger partial charge in [0.2, 0.25) is 0 Å². The lowest BCUT2D eigenvalue weighted by Gasteiger charge is -2.66. The Balaban J connectivity index is 1.61. The van der Waals surface area contributed by atoms with Gasteiger partial charge in [-0.2, -0.15) is 0 Å². The summed E-state index contributed by atoms with van der Waals surface area (Å²) < 4.78 is 5.97. The third-order valence-corrected chi connectivity index (χ3v) is 10.2. The molecule has 1 spiro atoms. The molecule has 0 amide bonds. The molecule has 144 valence electrons. The van der Waals surface area contributed by atoms with Crippen molar-refractivity contribution in [3.8, 4) is 0 Å². The number of carbonyl (C=O) groups excluding carboxylic acids is 1. The van der Waals surface area contributed by atoms with Gasteiger partial charge in [0.05, 0.1) is 5.41 Å². The molecule has 0 radical (unpaired) electrons. The third kappa shape index (κ3) is 1.73. The van der Waals surface area contributed by atoms with E-state index in [-0.39, 0.29) is 28.8 Å². The Morgan fingerprint density at radius 3 is 2.31 bits per heavy atom. The minimum Gasteiger partial charge on any atom is -0.481 e. The minimum absolute atomic E-state index is 0.0664. The van der Waals surface area contributed by atoms with Gasteiger partial charge < -0.3 is 9.84 Å². The van der Waals surface area contributed by atoms with Crippen LogP contribution in [0.3, 0.4) is 0 Å². The van der Waals surface area contributed by atoms with Crippen LogP contribution in [-0.4, -0.2) is 23.1 Å². The van der Waals surface area contributed by atoms with Gasteiger partial charge in [-0.25, -0.2) is 0 Å². The van der Waals surface area contributed by atoms with Crippen molar-refractivity contribution < 1.29 is 19.4 Å². The van der Waals surface area contributed by atoms with Gasteiger partial charge in [-0.1, -0.05) is 20.3 Å². The van der Waals surface area contributed by atoms with E-state index in [2.05, 4.69) is 13.8 Å². The van der Waals surface area contributed by atoms with Gasteiger partial charge in [0.15, 0.2) is 0 Å². The Morgan fingerprint density at radius 1 is 1.00 bits per heavy atom. The van der Waals surface area contributed by atoms with Gasteiger partial charge in [0.1, 0.15) is 6.10 Å². The molecule has 4 nitrogen and oxygen atoms in total. The number of ether oxygens (including phenoxy) is 1.